The number of rotatable bonds is 5. The molecule has 1 amide bonds. The molecule has 0 aliphatic heterocycles. The number of anilines is 1. The molecule has 2 rings (SSSR count). The number of nitrogens with one attached hydrogen (secondary N) is 2. The van der Waals surface area contributed by atoms with Crippen molar-refractivity contribution in [1.82, 2.24) is 0 Å². The highest BCUT2D eigenvalue weighted by molar-refractivity contribution is 9.10. The van der Waals surface area contributed by atoms with E-state index in [1.165, 1.54) is 18.2 Å². The molecule has 22 heavy (non-hydrogen) atoms. The summed E-state index contributed by atoms with van der Waals surface area (Å²) < 4.78 is 27.8. The van der Waals surface area contributed by atoms with E-state index in [1.54, 1.807) is 31.3 Å². The molecular weight excluding hydrogens is 354 g/mol. The molecule has 116 valence electrons. The SMILES string of the molecule is C[NH+](CC(=O)Nc1ccc(Br)cc1F)Cc1ccccc1F. The van der Waals surface area contributed by atoms with Gasteiger partial charge in [0, 0.05) is 10.0 Å². The lowest BCUT2D eigenvalue weighted by molar-refractivity contribution is -0.885. The summed E-state index contributed by atoms with van der Waals surface area (Å²) in [6.07, 6.45) is 0. The maximum Gasteiger partial charge on any atom is 0.279 e. The van der Waals surface area contributed by atoms with Crippen LogP contribution in [0.5, 0.6) is 0 Å². The van der Waals surface area contributed by atoms with Gasteiger partial charge in [0.1, 0.15) is 18.2 Å². The van der Waals surface area contributed by atoms with Crippen molar-refractivity contribution in [3.63, 3.8) is 0 Å². The lowest BCUT2D eigenvalue weighted by Gasteiger charge is -2.14. The fourth-order valence-electron chi connectivity index (χ4n) is 2.09. The van der Waals surface area contributed by atoms with Crippen LogP contribution >= 0.6 is 15.9 Å². The number of likely N-dealkylation sites (N-methyl/N-ethyl adjacent to an activating group) is 1. The summed E-state index contributed by atoms with van der Waals surface area (Å²) in [4.78, 5) is 12.7. The molecule has 3 nitrogen and oxygen atoms in total. The highest BCUT2D eigenvalue weighted by atomic mass is 79.9. The Morgan fingerprint density at radius 1 is 1.18 bits per heavy atom. The number of carbonyl (C=O) groups excluding carboxylic acids is 1. The van der Waals surface area contributed by atoms with Crippen molar-refractivity contribution >= 4 is 27.5 Å². The number of halogens is 3. The van der Waals surface area contributed by atoms with E-state index in [9.17, 15) is 13.6 Å². The van der Waals surface area contributed by atoms with E-state index < -0.39 is 5.82 Å². The molecule has 0 aromatic heterocycles. The fourth-order valence-corrected chi connectivity index (χ4v) is 2.42. The van der Waals surface area contributed by atoms with Crippen molar-refractivity contribution in [2.75, 3.05) is 18.9 Å². The first-order valence-corrected chi connectivity index (χ1v) is 7.54. The fraction of sp³-hybridized carbons (Fsp3) is 0.188. The van der Waals surface area contributed by atoms with Crippen LogP contribution in [0.1, 0.15) is 5.56 Å². The van der Waals surface area contributed by atoms with Crippen molar-refractivity contribution in [2.24, 2.45) is 0 Å². The van der Waals surface area contributed by atoms with Gasteiger partial charge in [0.25, 0.3) is 5.91 Å². The minimum atomic E-state index is -0.505. The van der Waals surface area contributed by atoms with Crippen LogP contribution in [0.2, 0.25) is 0 Å². The molecule has 0 saturated carbocycles. The lowest BCUT2D eigenvalue weighted by Crippen LogP contribution is -3.08. The first-order chi connectivity index (χ1) is 10.5. The van der Waals surface area contributed by atoms with E-state index in [0.717, 1.165) is 4.90 Å². The largest absolute Gasteiger partial charge is 0.326 e. The maximum atomic E-state index is 13.6. The van der Waals surface area contributed by atoms with E-state index in [4.69, 9.17) is 0 Å². The third kappa shape index (κ3) is 4.61. The molecule has 0 spiro atoms. The van der Waals surface area contributed by atoms with E-state index in [-0.39, 0.29) is 24.0 Å². The predicted molar refractivity (Wildman–Crippen MR) is 84.6 cm³/mol. The van der Waals surface area contributed by atoms with Gasteiger partial charge < -0.3 is 10.2 Å². The van der Waals surface area contributed by atoms with E-state index in [0.29, 0.717) is 16.6 Å². The van der Waals surface area contributed by atoms with Gasteiger partial charge in [-0.15, -0.1) is 0 Å². The highest BCUT2D eigenvalue weighted by Crippen LogP contribution is 2.18. The molecule has 0 saturated heterocycles. The van der Waals surface area contributed by atoms with Gasteiger partial charge in [-0.3, -0.25) is 4.79 Å². The molecule has 2 N–H and O–H groups in total. The highest BCUT2D eigenvalue weighted by Gasteiger charge is 2.14. The molecule has 0 radical (unpaired) electrons. The lowest BCUT2D eigenvalue weighted by atomic mass is 10.2. The Kier molecular flexibility index (Phi) is 5.63. The zero-order valence-corrected chi connectivity index (χ0v) is 13.6. The number of benzene rings is 2. The quantitative estimate of drug-likeness (QED) is 0.833. The molecule has 0 bridgehead atoms. The van der Waals surface area contributed by atoms with Crippen LogP contribution < -0.4 is 10.2 Å². The minimum absolute atomic E-state index is 0.115. The van der Waals surface area contributed by atoms with Crippen LogP contribution in [0.3, 0.4) is 0 Å². The van der Waals surface area contributed by atoms with Crippen LogP contribution in [-0.4, -0.2) is 19.5 Å². The Hall–Kier alpha value is -1.79. The summed E-state index contributed by atoms with van der Waals surface area (Å²) in [5.41, 5.74) is 0.675. The average Bonchev–Trinajstić information content (AvgIpc) is 2.44. The molecule has 0 aliphatic carbocycles. The third-order valence-electron chi connectivity index (χ3n) is 3.12. The smallest absolute Gasteiger partial charge is 0.279 e. The van der Waals surface area contributed by atoms with Crippen molar-refractivity contribution in [1.29, 1.82) is 0 Å². The first-order valence-electron chi connectivity index (χ1n) is 6.75. The molecule has 2 aromatic rings. The zero-order valence-electron chi connectivity index (χ0n) is 12.0. The predicted octanol–water partition coefficient (Wildman–Crippen LogP) is 2.38. The summed E-state index contributed by atoms with van der Waals surface area (Å²) in [6.45, 7) is 0.493. The number of quaternary nitrogens is 1. The van der Waals surface area contributed by atoms with Crippen LogP contribution in [-0.2, 0) is 11.3 Å². The summed E-state index contributed by atoms with van der Waals surface area (Å²) in [5.74, 6) is -1.12. The second-order valence-corrected chi connectivity index (χ2v) is 5.99. The van der Waals surface area contributed by atoms with Gasteiger partial charge in [0.05, 0.1) is 12.7 Å². The minimum Gasteiger partial charge on any atom is -0.326 e. The Bertz CT molecular complexity index is 679. The molecule has 1 unspecified atom stereocenters. The Morgan fingerprint density at radius 3 is 2.59 bits per heavy atom. The number of carbonyl (C=O) groups is 1. The third-order valence-corrected chi connectivity index (χ3v) is 3.61. The van der Waals surface area contributed by atoms with Gasteiger partial charge in [0.2, 0.25) is 0 Å². The van der Waals surface area contributed by atoms with Crippen molar-refractivity contribution in [3.8, 4) is 0 Å². The maximum absolute atomic E-state index is 13.6. The molecular formula is C16H16BrF2N2O+. The second kappa shape index (κ2) is 7.47. The Morgan fingerprint density at radius 2 is 1.91 bits per heavy atom. The summed E-state index contributed by atoms with van der Waals surface area (Å²) in [7, 11) is 1.78. The molecule has 6 heteroatoms. The average molecular weight is 370 g/mol. The summed E-state index contributed by atoms with van der Waals surface area (Å²) in [6, 6.07) is 10.9. The van der Waals surface area contributed by atoms with Gasteiger partial charge in [-0.25, -0.2) is 8.78 Å². The van der Waals surface area contributed by atoms with E-state index >= 15 is 0 Å². The normalized spacial score (nSPS) is 12.0. The summed E-state index contributed by atoms with van der Waals surface area (Å²) >= 11 is 3.15. The molecule has 0 fully saturated rings. The standard InChI is InChI=1S/C16H15BrF2N2O/c1-21(9-11-4-2-3-5-13(11)18)10-16(22)20-15-7-6-12(17)8-14(15)19/h2-8H,9-10H2,1H3,(H,20,22)/p+1. The summed E-state index contributed by atoms with van der Waals surface area (Å²) in [5, 5.41) is 2.52. The second-order valence-electron chi connectivity index (χ2n) is 5.07. The van der Waals surface area contributed by atoms with Crippen molar-refractivity contribution in [2.45, 2.75) is 6.54 Å². The number of hydrogen-bond donors (Lipinski definition) is 2. The van der Waals surface area contributed by atoms with Gasteiger partial charge in [0.15, 0.2) is 6.54 Å². The molecule has 0 aliphatic rings. The monoisotopic (exact) mass is 369 g/mol. The van der Waals surface area contributed by atoms with Crippen LogP contribution in [0.4, 0.5) is 14.5 Å². The van der Waals surface area contributed by atoms with Crippen LogP contribution in [0, 0.1) is 11.6 Å². The van der Waals surface area contributed by atoms with E-state index in [1.807, 2.05) is 0 Å². The van der Waals surface area contributed by atoms with Crippen molar-refractivity contribution in [3.05, 3.63) is 64.1 Å². The Labute approximate surface area is 136 Å². The zero-order chi connectivity index (χ0) is 16.1. The van der Waals surface area contributed by atoms with Gasteiger partial charge >= 0.3 is 0 Å². The van der Waals surface area contributed by atoms with Crippen molar-refractivity contribution < 1.29 is 18.5 Å². The molecule has 2 aromatic carbocycles. The topological polar surface area (TPSA) is 33.5 Å². The van der Waals surface area contributed by atoms with Crippen LogP contribution in [0.25, 0.3) is 0 Å². The number of amides is 1. The van der Waals surface area contributed by atoms with Crippen LogP contribution in [0.15, 0.2) is 46.9 Å². The van der Waals surface area contributed by atoms with Gasteiger partial charge in [-0.1, -0.05) is 34.1 Å². The number of hydrogen-bond acceptors (Lipinski definition) is 1. The van der Waals surface area contributed by atoms with Gasteiger partial charge in [-0.05, 0) is 24.3 Å². The molecule has 0 heterocycles. The molecule has 1 atom stereocenters. The first kappa shape index (κ1) is 16.6. The Balaban J connectivity index is 1.93. The van der Waals surface area contributed by atoms with Gasteiger partial charge in [-0.2, -0.15) is 0 Å². The van der Waals surface area contributed by atoms with E-state index in [2.05, 4.69) is 21.2 Å².